The molecule has 7 nitrogen and oxygen atoms in total. The van der Waals surface area contributed by atoms with E-state index in [9.17, 15) is 19.2 Å². The van der Waals surface area contributed by atoms with Gasteiger partial charge in [0.2, 0.25) is 11.8 Å². The zero-order valence-electron chi connectivity index (χ0n) is 23.7. The molecule has 0 spiro atoms. The van der Waals surface area contributed by atoms with Crippen LogP contribution in [0.3, 0.4) is 0 Å². The van der Waals surface area contributed by atoms with E-state index in [2.05, 4.69) is 5.32 Å². The Balaban J connectivity index is 1.26. The highest BCUT2D eigenvalue weighted by Gasteiger charge is 2.63. The number of carbonyl (C=O) groups is 4. The van der Waals surface area contributed by atoms with Crippen molar-refractivity contribution in [3.8, 4) is 0 Å². The summed E-state index contributed by atoms with van der Waals surface area (Å²) in [6, 6.07) is 20.5. The van der Waals surface area contributed by atoms with Gasteiger partial charge in [0.05, 0.1) is 11.8 Å². The molecule has 2 bridgehead atoms. The van der Waals surface area contributed by atoms with Crippen molar-refractivity contribution in [1.82, 2.24) is 4.90 Å². The fourth-order valence-electron chi connectivity index (χ4n) is 7.01. The molecular formula is C34H34N2O5. The maximum Gasteiger partial charge on any atom is 0.329 e. The molecule has 0 saturated carbocycles. The second kappa shape index (κ2) is 10.3. The Morgan fingerprint density at radius 3 is 1.78 bits per heavy atom. The number of ether oxygens (including phenoxy) is 1. The smallest absolute Gasteiger partial charge is 0.329 e. The number of aryl methyl sites for hydroxylation is 2. The first-order valence-electron chi connectivity index (χ1n) is 14.3. The third kappa shape index (κ3) is 4.44. The van der Waals surface area contributed by atoms with Gasteiger partial charge in [0.25, 0.3) is 5.91 Å². The van der Waals surface area contributed by atoms with E-state index >= 15 is 0 Å². The monoisotopic (exact) mass is 550 g/mol. The molecule has 3 aromatic rings. The summed E-state index contributed by atoms with van der Waals surface area (Å²) >= 11 is 0. The normalized spacial score (nSPS) is 22.7. The standard InChI is InChI=1S/C34H34N2O5/c1-18(2)15-26(34(40)41-17-27(37)35-21-14-13-19(3)20(4)16-21)36-32(38)30-28-22-9-5-6-10-23(22)29(31(30)33(36)39)25-12-8-7-11-24(25)28/h5-14,16,18,26,28-31H,15,17H2,1-4H3,(H,35,37)/t26-,28?,29?,30-,31+/m0/s1. The Morgan fingerprint density at radius 1 is 0.805 bits per heavy atom. The highest BCUT2D eigenvalue weighted by Crippen LogP contribution is 2.61. The number of esters is 1. The second-order valence-corrected chi connectivity index (χ2v) is 11.9. The molecular weight excluding hydrogens is 516 g/mol. The van der Waals surface area contributed by atoms with Crippen molar-refractivity contribution >= 4 is 29.4 Å². The number of hydrogen-bond acceptors (Lipinski definition) is 5. The molecule has 3 atom stereocenters. The summed E-state index contributed by atoms with van der Waals surface area (Å²) < 4.78 is 5.45. The van der Waals surface area contributed by atoms with E-state index in [4.69, 9.17) is 4.74 Å². The number of benzene rings is 3. The fourth-order valence-corrected chi connectivity index (χ4v) is 7.01. The zero-order chi connectivity index (χ0) is 29.0. The summed E-state index contributed by atoms with van der Waals surface area (Å²) in [4.78, 5) is 55.6. The molecule has 1 aliphatic heterocycles. The largest absolute Gasteiger partial charge is 0.454 e. The Bertz CT molecular complexity index is 1460. The third-order valence-corrected chi connectivity index (χ3v) is 8.90. The molecule has 3 aromatic carbocycles. The van der Waals surface area contributed by atoms with Gasteiger partial charge in [0.15, 0.2) is 6.61 Å². The molecule has 210 valence electrons. The van der Waals surface area contributed by atoms with Gasteiger partial charge >= 0.3 is 5.97 Å². The molecule has 0 radical (unpaired) electrons. The van der Waals surface area contributed by atoms with Crippen LogP contribution in [0.1, 0.15) is 65.5 Å². The number of amides is 3. The van der Waals surface area contributed by atoms with Crippen molar-refractivity contribution in [3.05, 3.63) is 100 Å². The van der Waals surface area contributed by atoms with Crippen molar-refractivity contribution in [2.24, 2.45) is 17.8 Å². The highest BCUT2D eigenvalue weighted by atomic mass is 16.5. The van der Waals surface area contributed by atoms with E-state index in [0.717, 1.165) is 38.3 Å². The Labute approximate surface area is 239 Å². The maximum absolute atomic E-state index is 14.1. The van der Waals surface area contributed by atoms with Crippen LogP contribution in [0, 0.1) is 31.6 Å². The van der Waals surface area contributed by atoms with Gasteiger partial charge < -0.3 is 10.1 Å². The second-order valence-electron chi connectivity index (χ2n) is 11.9. The molecule has 4 aliphatic rings. The van der Waals surface area contributed by atoms with E-state index in [-0.39, 0.29) is 36.0 Å². The number of rotatable bonds is 7. The molecule has 3 amide bonds. The van der Waals surface area contributed by atoms with Crippen LogP contribution in [-0.2, 0) is 23.9 Å². The van der Waals surface area contributed by atoms with Gasteiger partial charge in [0.1, 0.15) is 6.04 Å². The lowest BCUT2D eigenvalue weighted by Gasteiger charge is -2.45. The number of nitrogens with one attached hydrogen (secondary N) is 1. The summed E-state index contributed by atoms with van der Waals surface area (Å²) in [6.45, 7) is 7.29. The quantitative estimate of drug-likeness (QED) is 0.327. The predicted octanol–water partition coefficient (Wildman–Crippen LogP) is 5.09. The van der Waals surface area contributed by atoms with E-state index in [0.29, 0.717) is 5.69 Å². The van der Waals surface area contributed by atoms with Crippen molar-refractivity contribution in [2.75, 3.05) is 11.9 Å². The fraction of sp³-hybridized carbons (Fsp3) is 0.353. The summed E-state index contributed by atoms with van der Waals surface area (Å²) in [6.07, 6.45) is 0.254. The molecule has 7 heteroatoms. The summed E-state index contributed by atoms with van der Waals surface area (Å²) in [5.41, 5.74) is 7.04. The van der Waals surface area contributed by atoms with Crippen LogP contribution >= 0.6 is 0 Å². The zero-order valence-corrected chi connectivity index (χ0v) is 23.7. The van der Waals surface area contributed by atoms with Crippen LogP contribution in [0.2, 0.25) is 0 Å². The molecule has 0 aromatic heterocycles. The maximum atomic E-state index is 14.1. The molecule has 1 N–H and O–H groups in total. The first kappa shape index (κ1) is 26.9. The van der Waals surface area contributed by atoms with Crippen LogP contribution in [0.15, 0.2) is 66.7 Å². The molecule has 7 rings (SSSR count). The Kier molecular flexibility index (Phi) is 6.76. The van der Waals surface area contributed by atoms with Gasteiger partial charge in [-0.3, -0.25) is 19.3 Å². The van der Waals surface area contributed by atoms with E-state index in [1.165, 1.54) is 0 Å². The van der Waals surface area contributed by atoms with Crippen LogP contribution in [0.5, 0.6) is 0 Å². The van der Waals surface area contributed by atoms with Crippen molar-refractivity contribution in [2.45, 2.75) is 52.0 Å². The number of imide groups is 1. The first-order valence-corrected chi connectivity index (χ1v) is 14.3. The first-order chi connectivity index (χ1) is 19.7. The lowest BCUT2D eigenvalue weighted by atomic mass is 9.55. The molecule has 1 heterocycles. The van der Waals surface area contributed by atoms with Crippen LogP contribution in [-0.4, -0.2) is 41.2 Å². The van der Waals surface area contributed by atoms with Gasteiger partial charge in [-0.1, -0.05) is 68.4 Å². The predicted molar refractivity (Wildman–Crippen MR) is 154 cm³/mol. The minimum Gasteiger partial charge on any atom is -0.454 e. The molecule has 0 unspecified atom stereocenters. The topological polar surface area (TPSA) is 92.8 Å². The van der Waals surface area contributed by atoms with Gasteiger partial charge in [-0.05, 0) is 71.7 Å². The molecule has 1 saturated heterocycles. The number of carbonyl (C=O) groups excluding carboxylic acids is 4. The summed E-state index contributed by atoms with van der Waals surface area (Å²) in [7, 11) is 0. The average Bonchev–Trinajstić information content (AvgIpc) is 3.22. The third-order valence-electron chi connectivity index (χ3n) is 8.90. The highest BCUT2D eigenvalue weighted by molar-refractivity contribution is 6.10. The van der Waals surface area contributed by atoms with E-state index in [1.807, 2.05) is 88.4 Å². The number of likely N-dealkylation sites (tertiary alicyclic amines) is 1. The van der Waals surface area contributed by atoms with Crippen LogP contribution in [0.25, 0.3) is 0 Å². The summed E-state index contributed by atoms with van der Waals surface area (Å²) in [5, 5.41) is 2.75. The SMILES string of the molecule is Cc1ccc(NC(=O)COC(=O)[C@H](CC(C)C)N2C(=O)[C@@H]3C4c5ccccc5C(c5ccccc54)[C@@H]3C2=O)cc1C. The molecule has 41 heavy (non-hydrogen) atoms. The van der Waals surface area contributed by atoms with Crippen LogP contribution in [0.4, 0.5) is 5.69 Å². The van der Waals surface area contributed by atoms with Crippen molar-refractivity contribution in [1.29, 1.82) is 0 Å². The number of nitrogens with zero attached hydrogens (tertiary/aromatic N) is 1. The van der Waals surface area contributed by atoms with E-state index < -0.39 is 36.4 Å². The number of anilines is 1. The number of hydrogen-bond donors (Lipinski definition) is 1. The van der Waals surface area contributed by atoms with Gasteiger partial charge in [-0.25, -0.2) is 4.79 Å². The van der Waals surface area contributed by atoms with Gasteiger partial charge in [-0.15, -0.1) is 0 Å². The van der Waals surface area contributed by atoms with Crippen LogP contribution < -0.4 is 5.32 Å². The van der Waals surface area contributed by atoms with Gasteiger partial charge in [-0.2, -0.15) is 0 Å². The lowest BCUT2D eigenvalue weighted by molar-refractivity contribution is -0.160. The van der Waals surface area contributed by atoms with Crippen molar-refractivity contribution < 1.29 is 23.9 Å². The Morgan fingerprint density at radius 2 is 1.32 bits per heavy atom. The molecule has 3 aliphatic carbocycles. The molecule has 1 fully saturated rings. The van der Waals surface area contributed by atoms with Gasteiger partial charge in [0, 0.05) is 17.5 Å². The van der Waals surface area contributed by atoms with Crippen molar-refractivity contribution in [3.63, 3.8) is 0 Å². The Hall–Kier alpha value is -4.26. The minimum atomic E-state index is -1.10. The summed E-state index contributed by atoms with van der Waals surface area (Å²) in [5.74, 6) is -3.54. The average molecular weight is 551 g/mol. The lowest BCUT2D eigenvalue weighted by Crippen LogP contribution is -2.47. The van der Waals surface area contributed by atoms with E-state index in [1.54, 1.807) is 6.07 Å². The minimum absolute atomic E-state index is 0.00579.